The molecule has 1 aliphatic rings. The molecule has 12 heavy (non-hydrogen) atoms. The lowest BCUT2D eigenvalue weighted by Gasteiger charge is -2.32. The van der Waals surface area contributed by atoms with Crippen molar-refractivity contribution in [2.75, 3.05) is 19.6 Å². The highest BCUT2D eigenvalue weighted by atomic mass is 15.1. The first-order chi connectivity index (χ1) is 5.72. The molecule has 0 spiro atoms. The minimum atomic E-state index is 0.881. The van der Waals surface area contributed by atoms with E-state index in [0.29, 0.717) is 0 Å². The van der Waals surface area contributed by atoms with Gasteiger partial charge in [-0.15, -0.1) is 0 Å². The van der Waals surface area contributed by atoms with Gasteiger partial charge in [0.25, 0.3) is 0 Å². The van der Waals surface area contributed by atoms with Crippen molar-refractivity contribution in [3.8, 4) is 0 Å². The van der Waals surface area contributed by atoms with Crippen LogP contribution in [0.4, 0.5) is 0 Å². The molecule has 0 aromatic heterocycles. The summed E-state index contributed by atoms with van der Waals surface area (Å²) in [6.07, 6.45) is 4.32. The number of nitrogens with zero attached hydrogens (tertiary/aromatic N) is 1. The first kappa shape index (κ1) is 10.0. The van der Waals surface area contributed by atoms with Gasteiger partial charge >= 0.3 is 0 Å². The van der Waals surface area contributed by atoms with Gasteiger partial charge in [0.1, 0.15) is 0 Å². The molecule has 0 aromatic rings. The lowest BCUT2D eigenvalue weighted by Crippen LogP contribution is -2.35. The predicted molar refractivity (Wildman–Crippen MR) is 54.3 cm³/mol. The summed E-state index contributed by atoms with van der Waals surface area (Å²) in [6.45, 7) is 10.9. The average molecular weight is 169 g/mol. The fourth-order valence-corrected chi connectivity index (χ4v) is 2.30. The Bertz CT molecular complexity index is 120. The number of hydrogen-bond donors (Lipinski definition) is 0. The van der Waals surface area contributed by atoms with E-state index in [1.54, 1.807) is 0 Å². The third-order valence-corrected chi connectivity index (χ3v) is 2.86. The minimum Gasteiger partial charge on any atom is -0.303 e. The Kier molecular flexibility index (Phi) is 4.07. The third kappa shape index (κ3) is 3.14. The molecule has 0 N–H and O–H groups in total. The van der Waals surface area contributed by atoms with Crippen LogP contribution in [-0.4, -0.2) is 24.5 Å². The molecular weight excluding hydrogens is 146 g/mol. The van der Waals surface area contributed by atoms with Gasteiger partial charge < -0.3 is 4.90 Å². The molecule has 0 radical (unpaired) electrons. The van der Waals surface area contributed by atoms with Gasteiger partial charge in [0.2, 0.25) is 0 Å². The van der Waals surface area contributed by atoms with Crippen molar-refractivity contribution >= 4 is 0 Å². The van der Waals surface area contributed by atoms with E-state index in [0.717, 1.165) is 11.8 Å². The molecule has 1 aliphatic heterocycles. The summed E-state index contributed by atoms with van der Waals surface area (Å²) in [4.78, 5) is 2.59. The van der Waals surface area contributed by atoms with E-state index in [4.69, 9.17) is 0 Å². The van der Waals surface area contributed by atoms with E-state index in [1.165, 1.54) is 38.9 Å². The van der Waals surface area contributed by atoms with Crippen molar-refractivity contribution in [1.82, 2.24) is 4.90 Å². The van der Waals surface area contributed by atoms with E-state index >= 15 is 0 Å². The van der Waals surface area contributed by atoms with E-state index in [2.05, 4.69) is 25.7 Å². The Hall–Kier alpha value is -0.0400. The van der Waals surface area contributed by atoms with Gasteiger partial charge in [-0.25, -0.2) is 0 Å². The van der Waals surface area contributed by atoms with Gasteiger partial charge in [-0.3, -0.25) is 0 Å². The zero-order valence-corrected chi connectivity index (χ0v) is 8.84. The van der Waals surface area contributed by atoms with Gasteiger partial charge in [0, 0.05) is 6.54 Å². The van der Waals surface area contributed by atoms with Gasteiger partial charge in [0.15, 0.2) is 0 Å². The lowest BCUT2D eigenvalue weighted by atomic mass is 9.90. The normalized spacial score (nSPS) is 26.5. The Morgan fingerprint density at radius 1 is 1.42 bits per heavy atom. The Morgan fingerprint density at radius 3 is 2.75 bits per heavy atom. The topological polar surface area (TPSA) is 3.24 Å². The first-order valence-electron chi connectivity index (χ1n) is 5.44. The number of rotatable bonds is 3. The van der Waals surface area contributed by atoms with Crippen LogP contribution >= 0.6 is 0 Å². The monoisotopic (exact) mass is 169 g/mol. The van der Waals surface area contributed by atoms with Crippen LogP contribution < -0.4 is 0 Å². The maximum absolute atomic E-state index is 2.59. The molecule has 72 valence electrons. The number of piperidine rings is 1. The molecule has 1 fully saturated rings. The van der Waals surface area contributed by atoms with Crippen LogP contribution in [0.2, 0.25) is 0 Å². The molecule has 1 heteroatoms. The zero-order valence-electron chi connectivity index (χ0n) is 8.84. The van der Waals surface area contributed by atoms with Crippen molar-refractivity contribution in [1.29, 1.82) is 0 Å². The highest BCUT2D eigenvalue weighted by Gasteiger charge is 2.18. The van der Waals surface area contributed by atoms with E-state index < -0.39 is 0 Å². The summed E-state index contributed by atoms with van der Waals surface area (Å²) >= 11 is 0. The summed E-state index contributed by atoms with van der Waals surface area (Å²) in [7, 11) is 0. The van der Waals surface area contributed by atoms with Crippen LogP contribution in [0.15, 0.2) is 0 Å². The molecule has 0 saturated carbocycles. The Morgan fingerprint density at radius 2 is 2.17 bits per heavy atom. The van der Waals surface area contributed by atoms with Crippen molar-refractivity contribution in [3.05, 3.63) is 0 Å². The van der Waals surface area contributed by atoms with E-state index in [-0.39, 0.29) is 0 Å². The fourth-order valence-electron chi connectivity index (χ4n) is 2.30. The molecule has 0 aromatic carbocycles. The molecule has 1 atom stereocenters. The minimum absolute atomic E-state index is 0.881. The molecule has 1 nitrogen and oxygen atoms in total. The second-order valence-corrected chi connectivity index (χ2v) is 4.53. The molecular formula is C11H23N. The zero-order chi connectivity index (χ0) is 8.97. The maximum atomic E-state index is 2.59. The van der Waals surface area contributed by atoms with Crippen LogP contribution in [-0.2, 0) is 0 Å². The average Bonchev–Trinajstić information content (AvgIpc) is 2.03. The van der Waals surface area contributed by atoms with Crippen LogP contribution in [0.3, 0.4) is 0 Å². The van der Waals surface area contributed by atoms with Crippen LogP contribution in [0, 0.1) is 11.8 Å². The van der Waals surface area contributed by atoms with Crippen molar-refractivity contribution < 1.29 is 0 Å². The summed E-state index contributed by atoms with van der Waals surface area (Å²) < 4.78 is 0. The van der Waals surface area contributed by atoms with Gasteiger partial charge in [-0.05, 0) is 44.2 Å². The third-order valence-electron chi connectivity index (χ3n) is 2.86. The number of likely N-dealkylation sites (tertiary alicyclic amines) is 1. The van der Waals surface area contributed by atoms with E-state index in [1.807, 2.05) is 0 Å². The van der Waals surface area contributed by atoms with Crippen LogP contribution in [0.1, 0.15) is 40.0 Å². The molecule has 1 rings (SSSR count). The van der Waals surface area contributed by atoms with Crippen LogP contribution in [0.5, 0.6) is 0 Å². The molecule has 0 bridgehead atoms. The molecule has 0 aliphatic carbocycles. The first-order valence-corrected chi connectivity index (χ1v) is 5.44. The molecule has 1 saturated heterocycles. The molecule has 1 heterocycles. The summed E-state index contributed by atoms with van der Waals surface area (Å²) in [5.41, 5.74) is 0. The van der Waals surface area contributed by atoms with Gasteiger partial charge in [-0.1, -0.05) is 20.8 Å². The largest absolute Gasteiger partial charge is 0.303 e. The molecule has 1 unspecified atom stereocenters. The Labute approximate surface area is 77.1 Å². The standard InChI is InChI=1S/C11H23N/c1-4-12-7-5-6-11(9-12)8-10(2)3/h10-11H,4-9H2,1-3H3. The van der Waals surface area contributed by atoms with Crippen LogP contribution in [0.25, 0.3) is 0 Å². The second kappa shape index (κ2) is 4.86. The number of hydrogen-bond acceptors (Lipinski definition) is 1. The summed E-state index contributed by atoms with van der Waals surface area (Å²) in [5.74, 6) is 1.87. The van der Waals surface area contributed by atoms with Crippen molar-refractivity contribution in [2.45, 2.75) is 40.0 Å². The maximum Gasteiger partial charge on any atom is 0.000965 e. The molecule has 0 amide bonds. The van der Waals surface area contributed by atoms with Crippen molar-refractivity contribution in [2.24, 2.45) is 11.8 Å². The predicted octanol–water partition coefficient (Wildman–Crippen LogP) is 2.76. The highest BCUT2D eigenvalue weighted by molar-refractivity contribution is 4.72. The Balaban J connectivity index is 2.25. The fraction of sp³-hybridized carbons (Fsp3) is 1.00. The summed E-state index contributed by atoms with van der Waals surface area (Å²) in [6, 6.07) is 0. The quantitative estimate of drug-likeness (QED) is 0.628. The van der Waals surface area contributed by atoms with Gasteiger partial charge in [-0.2, -0.15) is 0 Å². The van der Waals surface area contributed by atoms with Crippen molar-refractivity contribution in [3.63, 3.8) is 0 Å². The smallest absolute Gasteiger partial charge is 0.000965 e. The SMILES string of the molecule is CCN1CCCC(CC(C)C)C1. The summed E-state index contributed by atoms with van der Waals surface area (Å²) in [5, 5.41) is 0. The highest BCUT2D eigenvalue weighted by Crippen LogP contribution is 2.22. The van der Waals surface area contributed by atoms with E-state index in [9.17, 15) is 0 Å². The second-order valence-electron chi connectivity index (χ2n) is 4.53. The van der Waals surface area contributed by atoms with Gasteiger partial charge in [0.05, 0.1) is 0 Å². The lowest BCUT2D eigenvalue weighted by molar-refractivity contribution is 0.166.